The third kappa shape index (κ3) is 10.1. The van der Waals surface area contributed by atoms with Crippen LogP contribution in [0.25, 0.3) is 0 Å². The van der Waals surface area contributed by atoms with Gasteiger partial charge in [-0.05, 0) is 37.3 Å². The second-order valence-corrected chi connectivity index (χ2v) is 7.51. The molecule has 1 aliphatic rings. The minimum absolute atomic E-state index is 0.0457. The van der Waals surface area contributed by atoms with Gasteiger partial charge in [-0.2, -0.15) is 0 Å². The number of benzene rings is 2. The highest BCUT2D eigenvalue weighted by Gasteiger charge is 2.10. The number of ether oxygens (including phenoxy) is 8. The van der Waals surface area contributed by atoms with Gasteiger partial charge in [0.05, 0.1) is 52.9 Å². The van der Waals surface area contributed by atoms with Crippen LogP contribution in [-0.2, 0) is 18.9 Å². The van der Waals surface area contributed by atoms with Crippen LogP contribution in [0.5, 0.6) is 23.0 Å². The van der Waals surface area contributed by atoms with Crippen molar-refractivity contribution in [2.45, 2.75) is 6.92 Å². The second kappa shape index (κ2) is 15.9. The van der Waals surface area contributed by atoms with Crippen LogP contribution in [0.1, 0.15) is 17.3 Å². The molecular weight excluding hydrogens is 456 g/mol. The van der Waals surface area contributed by atoms with Gasteiger partial charge in [0.2, 0.25) is 0 Å². The number of hydrogen-bond acceptors (Lipinski definition) is 9. The fourth-order valence-corrected chi connectivity index (χ4v) is 3.13. The Labute approximate surface area is 206 Å². The molecule has 2 aromatic carbocycles. The number of rotatable bonds is 1. The molecule has 9 heteroatoms. The predicted molar refractivity (Wildman–Crippen MR) is 128 cm³/mol. The van der Waals surface area contributed by atoms with Crippen LogP contribution < -0.4 is 18.9 Å². The Morgan fingerprint density at radius 2 is 0.886 bits per heavy atom. The highest BCUT2D eigenvalue weighted by molar-refractivity contribution is 5.94. The summed E-state index contributed by atoms with van der Waals surface area (Å²) in [5.74, 6) is 2.32. The summed E-state index contributed by atoms with van der Waals surface area (Å²) >= 11 is 0. The zero-order valence-electron chi connectivity index (χ0n) is 20.2. The number of hydrogen-bond donors (Lipinski definition) is 0. The van der Waals surface area contributed by atoms with E-state index in [-0.39, 0.29) is 5.78 Å². The highest BCUT2D eigenvalue weighted by Crippen LogP contribution is 2.29. The minimum atomic E-state index is -0.0457. The Bertz CT molecular complexity index is 887. The molecular formula is C26H34O9. The van der Waals surface area contributed by atoms with Gasteiger partial charge in [0, 0.05) is 5.56 Å². The van der Waals surface area contributed by atoms with Crippen molar-refractivity contribution in [3.05, 3.63) is 48.0 Å². The first-order valence-electron chi connectivity index (χ1n) is 11.8. The minimum Gasteiger partial charge on any atom is -0.487 e. The molecule has 0 bridgehead atoms. The maximum Gasteiger partial charge on any atom is 0.162 e. The lowest BCUT2D eigenvalue weighted by molar-refractivity contribution is 0.0223. The SMILES string of the molecule is CC(=O)c1ccc2c(c1)OCCOCCOCCOc1ccccc1OCCOCCOCCO2. The maximum absolute atomic E-state index is 11.7. The summed E-state index contributed by atoms with van der Waals surface area (Å²) in [7, 11) is 0. The smallest absolute Gasteiger partial charge is 0.162 e. The van der Waals surface area contributed by atoms with Crippen molar-refractivity contribution in [3.8, 4) is 23.0 Å². The van der Waals surface area contributed by atoms with E-state index >= 15 is 0 Å². The molecule has 9 nitrogen and oxygen atoms in total. The maximum atomic E-state index is 11.7. The summed E-state index contributed by atoms with van der Waals surface area (Å²) in [6.45, 7) is 6.32. The summed E-state index contributed by atoms with van der Waals surface area (Å²) in [5, 5.41) is 0. The molecule has 1 heterocycles. The number of ketones is 1. The molecule has 0 amide bonds. The molecule has 0 fully saturated rings. The van der Waals surface area contributed by atoms with Crippen molar-refractivity contribution in [2.75, 3.05) is 79.3 Å². The number of carbonyl (C=O) groups is 1. The van der Waals surface area contributed by atoms with E-state index in [0.29, 0.717) is 108 Å². The number of carbonyl (C=O) groups excluding carboxylic acids is 1. The predicted octanol–water partition coefficient (Wildman–Crippen LogP) is 3.18. The third-order valence-electron chi connectivity index (χ3n) is 4.88. The Morgan fingerprint density at radius 3 is 1.31 bits per heavy atom. The molecule has 0 saturated heterocycles. The second-order valence-electron chi connectivity index (χ2n) is 7.51. The van der Waals surface area contributed by atoms with E-state index in [9.17, 15) is 4.79 Å². The largest absolute Gasteiger partial charge is 0.487 e. The molecule has 0 spiro atoms. The normalized spacial score (nSPS) is 17.6. The summed E-state index contributed by atoms with van der Waals surface area (Å²) in [6, 6.07) is 12.6. The lowest BCUT2D eigenvalue weighted by Crippen LogP contribution is -2.15. The molecule has 1 aliphatic heterocycles. The van der Waals surface area contributed by atoms with Crippen molar-refractivity contribution < 1.29 is 42.7 Å². The fourth-order valence-electron chi connectivity index (χ4n) is 3.13. The fraction of sp³-hybridized carbons (Fsp3) is 0.500. The molecule has 35 heavy (non-hydrogen) atoms. The van der Waals surface area contributed by atoms with Gasteiger partial charge in [-0.3, -0.25) is 4.79 Å². The molecule has 0 aliphatic carbocycles. The summed E-state index contributed by atoms with van der Waals surface area (Å²) < 4.78 is 45.4. The molecule has 3 rings (SSSR count). The van der Waals surface area contributed by atoms with E-state index in [1.807, 2.05) is 24.3 Å². The van der Waals surface area contributed by atoms with Gasteiger partial charge in [0.15, 0.2) is 28.8 Å². The Kier molecular flexibility index (Phi) is 12.2. The summed E-state index contributed by atoms with van der Waals surface area (Å²) in [5.41, 5.74) is 0.553. The van der Waals surface area contributed by atoms with E-state index in [1.54, 1.807) is 18.2 Å². The van der Waals surface area contributed by atoms with Crippen molar-refractivity contribution >= 4 is 5.78 Å². The summed E-state index contributed by atoms with van der Waals surface area (Å²) in [6.07, 6.45) is 0. The molecule has 192 valence electrons. The van der Waals surface area contributed by atoms with Crippen LogP contribution >= 0.6 is 0 Å². The first-order valence-corrected chi connectivity index (χ1v) is 11.8. The van der Waals surface area contributed by atoms with Gasteiger partial charge in [-0.15, -0.1) is 0 Å². The first-order chi connectivity index (χ1) is 17.2. The first kappa shape index (κ1) is 26.7. The Balaban J connectivity index is 1.50. The zero-order valence-corrected chi connectivity index (χ0v) is 20.2. The van der Waals surface area contributed by atoms with Gasteiger partial charge >= 0.3 is 0 Å². The number of fused-ring (bicyclic) bond motifs is 2. The number of Topliss-reactive ketones (excluding diaryl/α,β-unsaturated/α-hetero) is 1. The van der Waals surface area contributed by atoms with Gasteiger partial charge in [-0.1, -0.05) is 12.1 Å². The third-order valence-corrected chi connectivity index (χ3v) is 4.88. The molecule has 0 N–H and O–H groups in total. The molecule has 0 unspecified atom stereocenters. The average Bonchev–Trinajstić information content (AvgIpc) is 2.86. The molecule has 0 atom stereocenters. The van der Waals surface area contributed by atoms with E-state index < -0.39 is 0 Å². The van der Waals surface area contributed by atoms with Crippen LogP contribution in [0.4, 0.5) is 0 Å². The molecule has 0 saturated carbocycles. The standard InChI is InChI=1S/C26H34O9/c1-21(27)22-6-7-25-26(20-22)35-19-15-31-11-10-29-13-17-33-24-5-3-2-4-23(24)32-16-12-28-8-9-30-14-18-34-25/h2-7,20H,8-19H2,1H3. The topological polar surface area (TPSA) is 90.9 Å². The van der Waals surface area contributed by atoms with Gasteiger partial charge in [0.1, 0.15) is 26.4 Å². The van der Waals surface area contributed by atoms with Gasteiger partial charge in [0.25, 0.3) is 0 Å². The quantitative estimate of drug-likeness (QED) is 0.559. The van der Waals surface area contributed by atoms with Crippen LogP contribution in [-0.4, -0.2) is 85.1 Å². The van der Waals surface area contributed by atoms with E-state index in [2.05, 4.69) is 0 Å². The average molecular weight is 491 g/mol. The monoisotopic (exact) mass is 490 g/mol. The van der Waals surface area contributed by atoms with Crippen molar-refractivity contribution in [2.24, 2.45) is 0 Å². The van der Waals surface area contributed by atoms with Crippen molar-refractivity contribution in [1.29, 1.82) is 0 Å². The van der Waals surface area contributed by atoms with Crippen LogP contribution in [0.2, 0.25) is 0 Å². The summed E-state index contributed by atoms with van der Waals surface area (Å²) in [4.78, 5) is 11.7. The van der Waals surface area contributed by atoms with Crippen molar-refractivity contribution in [1.82, 2.24) is 0 Å². The lowest BCUT2D eigenvalue weighted by Gasteiger charge is -2.15. The van der Waals surface area contributed by atoms with E-state index in [4.69, 9.17) is 37.9 Å². The highest BCUT2D eigenvalue weighted by atomic mass is 16.6. The van der Waals surface area contributed by atoms with Crippen LogP contribution in [0.15, 0.2) is 42.5 Å². The molecule has 0 aromatic heterocycles. The van der Waals surface area contributed by atoms with E-state index in [1.165, 1.54) is 6.92 Å². The zero-order chi connectivity index (χ0) is 24.6. The molecule has 2 aromatic rings. The molecule has 0 radical (unpaired) electrons. The Morgan fingerprint density at radius 1 is 0.514 bits per heavy atom. The van der Waals surface area contributed by atoms with Crippen LogP contribution in [0, 0.1) is 0 Å². The van der Waals surface area contributed by atoms with Gasteiger partial charge < -0.3 is 37.9 Å². The lowest BCUT2D eigenvalue weighted by atomic mass is 10.1. The Hall–Kier alpha value is -2.85. The van der Waals surface area contributed by atoms with Crippen LogP contribution in [0.3, 0.4) is 0 Å². The number of para-hydroxylation sites is 2. The van der Waals surface area contributed by atoms with Gasteiger partial charge in [-0.25, -0.2) is 0 Å². The van der Waals surface area contributed by atoms with Crippen molar-refractivity contribution in [3.63, 3.8) is 0 Å². The van der Waals surface area contributed by atoms with E-state index in [0.717, 1.165) is 0 Å².